The van der Waals surface area contributed by atoms with E-state index in [4.69, 9.17) is 0 Å². The summed E-state index contributed by atoms with van der Waals surface area (Å²) in [5, 5.41) is 0. The molecule has 0 radical (unpaired) electrons. The first-order valence-corrected chi connectivity index (χ1v) is 6.71. The highest BCUT2D eigenvalue weighted by Gasteiger charge is 2.29. The molecule has 2 aromatic rings. The fraction of sp³-hybridized carbons (Fsp3) is 0. The first kappa shape index (κ1) is 10.9. The van der Waals surface area contributed by atoms with Gasteiger partial charge in [0.1, 0.15) is 11.2 Å². The summed E-state index contributed by atoms with van der Waals surface area (Å²) in [4.78, 5) is 8.09. The highest BCUT2D eigenvalue weighted by atomic mass is 32.2. The van der Waals surface area contributed by atoms with Crippen molar-refractivity contribution in [3.8, 4) is 0 Å². The molecule has 18 heavy (non-hydrogen) atoms. The van der Waals surface area contributed by atoms with Gasteiger partial charge in [-0.15, -0.1) is 0 Å². The van der Waals surface area contributed by atoms with Crippen LogP contribution >= 0.6 is 0 Å². The number of para-hydroxylation sites is 1. The topological polar surface area (TPSA) is 62.6 Å². The molecule has 0 spiro atoms. The minimum absolute atomic E-state index is 0.122. The maximum atomic E-state index is 12.4. The molecule has 1 aromatic heterocycles. The van der Waals surface area contributed by atoms with Gasteiger partial charge >= 0.3 is 0 Å². The molecule has 0 unspecified atom stereocenters. The number of aromatic nitrogens is 1. The number of sulfonamides is 1. The van der Waals surface area contributed by atoms with Crippen molar-refractivity contribution >= 4 is 27.7 Å². The second-order valence-electron chi connectivity index (χ2n) is 3.72. The van der Waals surface area contributed by atoms with Gasteiger partial charge in [-0.2, -0.15) is 0 Å². The number of hydrogen-bond acceptors (Lipinski definition) is 4. The number of benzene rings is 1. The van der Waals surface area contributed by atoms with Crippen molar-refractivity contribution in [1.29, 1.82) is 0 Å². The summed E-state index contributed by atoms with van der Waals surface area (Å²) in [7, 11) is -3.61. The summed E-state index contributed by atoms with van der Waals surface area (Å²) in [6.07, 6.45) is 4.15. The third kappa shape index (κ3) is 1.58. The molecule has 0 N–H and O–H groups in total. The largest absolute Gasteiger partial charge is 0.273 e. The van der Waals surface area contributed by atoms with Crippen LogP contribution in [-0.2, 0) is 10.0 Å². The van der Waals surface area contributed by atoms with E-state index in [0.717, 1.165) is 4.31 Å². The van der Waals surface area contributed by atoms with Gasteiger partial charge in [0, 0.05) is 12.4 Å². The van der Waals surface area contributed by atoms with E-state index in [9.17, 15) is 8.42 Å². The molecular formula is C12H9N3O2S. The summed E-state index contributed by atoms with van der Waals surface area (Å²) >= 11 is 0. The Kier molecular flexibility index (Phi) is 2.38. The normalized spacial score (nSPS) is 16.3. The van der Waals surface area contributed by atoms with E-state index in [2.05, 4.69) is 9.98 Å². The Hall–Kier alpha value is -2.21. The SMILES string of the molecule is O=S1(=O)c2cnccc2N=CN1c1ccccc1. The van der Waals surface area contributed by atoms with Crippen LogP contribution in [0.25, 0.3) is 0 Å². The molecule has 0 bridgehead atoms. The van der Waals surface area contributed by atoms with Crippen LogP contribution in [0.2, 0.25) is 0 Å². The predicted octanol–water partition coefficient (Wildman–Crippen LogP) is 1.95. The van der Waals surface area contributed by atoms with E-state index in [1.165, 1.54) is 18.7 Å². The fourth-order valence-electron chi connectivity index (χ4n) is 1.74. The highest BCUT2D eigenvalue weighted by molar-refractivity contribution is 7.93. The molecule has 0 amide bonds. The first-order valence-electron chi connectivity index (χ1n) is 5.27. The van der Waals surface area contributed by atoms with Crippen molar-refractivity contribution in [3.63, 3.8) is 0 Å². The number of anilines is 1. The third-order valence-corrected chi connectivity index (χ3v) is 4.31. The second-order valence-corrected chi connectivity index (χ2v) is 5.51. The number of hydrogen-bond donors (Lipinski definition) is 0. The smallest absolute Gasteiger partial charge is 0.263 e. The van der Waals surface area contributed by atoms with Gasteiger partial charge in [0.05, 0.1) is 11.4 Å². The number of nitrogens with zero attached hydrogens (tertiary/aromatic N) is 3. The number of rotatable bonds is 1. The standard InChI is InChI=1S/C12H9N3O2S/c16-18(17)12-8-13-7-6-11(12)14-9-15(18)10-4-2-1-3-5-10/h1-9H. The lowest BCUT2D eigenvalue weighted by Crippen LogP contribution is -2.31. The minimum Gasteiger partial charge on any atom is -0.263 e. The van der Waals surface area contributed by atoms with Crippen LogP contribution in [0.1, 0.15) is 0 Å². The van der Waals surface area contributed by atoms with Crippen molar-refractivity contribution in [1.82, 2.24) is 4.98 Å². The third-order valence-electron chi connectivity index (χ3n) is 2.61. The Labute approximate surface area is 104 Å². The lowest BCUT2D eigenvalue weighted by molar-refractivity contribution is 0.596. The number of fused-ring (bicyclic) bond motifs is 1. The second kappa shape index (κ2) is 3.92. The quantitative estimate of drug-likeness (QED) is 0.786. The Morgan fingerprint density at radius 1 is 1.06 bits per heavy atom. The molecule has 6 heteroatoms. The lowest BCUT2D eigenvalue weighted by Gasteiger charge is -2.23. The van der Waals surface area contributed by atoms with Gasteiger partial charge in [-0.3, -0.25) is 4.98 Å². The maximum absolute atomic E-state index is 12.4. The molecule has 0 aliphatic carbocycles. The van der Waals surface area contributed by atoms with E-state index in [1.807, 2.05) is 6.07 Å². The van der Waals surface area contributed by atoms with Crippen LogP contribution in [0.15, 0.2) is 58.7 Å². The Bertz CT molecular complexity index is 711. The average molecular weight is 259 g/mol. The van der Waals surface area contributed by atoms with Crippen LogP contribution in [0.5, 0.6) is 0 Å². The van der Waals surface area contributed by atoms with Gasteiger partial charge in [0.2, 0.25) is 0 Å². The van der Waals surface area contributed by atoms with Gasteiger partial charge in [-0.25, -0.2) is 17.7 Å². The number of aliphatic imine (C=N–C) groups is 1. The summed E-state index contributed by atoms with van der Waals surface area (Å²) < 4.78 is 25.9. The molecule has 1 aromatic carbocycles. The molecule has 0 saturated heterocycles. The van der Waals surface area contributed by atoms with Crippen molar-refractivity contribution < 1.29 is 8.42 Å². The zero-order valence-electron chi connectivity index (χ0n) is 9.26. The molecule has 0 saturated carbocycles. The van der Waals surface area contributed by atoms with Crippen LogP contribution < -0.4 is 4.31 Å². The Morgan fingerprint density at radius 2 is 1.83 bits per heavy atom. The molecule has 1 aliphatic heterocycles. The zero-order valence-corrected chi connectivity index (χ0v) is 10.1. The fourth-order valence-corrected chi connectivity index (χ4v) is 3.10. The molecular weight excluding hydrogens is 250 g/mol. The van der Waals surface area contributed by atoms with Gasteiger partial charge in [0.25, 0.3) is 10.0 Å². The number of pyridine rings is 1. The van der Waals surface area contributed by atoms with Crippen molar-refractivity contribution in [2.24, 2.45) is 4.99 Å². The lowest BCUT2D eigenvalue weighted by atomic mass is 10.3. The molecule has 90 valence electrons. The zero-order chi connectivity index (χ0) is 12.6. The van der Waals surface area contributed by atoms with Gasteiger partial charge in [0.15, 0.2) is 0 Å². The maximum Gasteiger partial charge on any atom is 0.273 e. The van der Waals surface area contributed by atoms with Crippen LogP contribution in [0, 0.1) is 0 Å². The van der Waals surface area contributed by atoms with Crippen LogP contribution in [0.4, 0.5) is 11.4 Å². The molecule has 3 rings (SSSR count). The molecule has 5 nitrogen and oxygen atoms in total. The predicted molar refractivity (Wildman–Crippen MR) is 68.5 cm³/mol. The van der Waals surface area contributed by atoms with Crippen molar-refractivity contribution in [3.05, 3.63) is 48.8 Å². The Morgan fingerprint density at radius 3 is 2.61 bits per heavy atom. The van der Waals surface area contributed by atoms with Crippen molar-refractivity contribution in [2.75, 3.05) is 4.31 Å². The van der Waals surface area contributed by atoms with Gasteiger partial charge < -0.3 is 0 Å². The van der Waals surface area contributed by atoms with E-state index in [0.29, 0.717) is 11.4 Å². The van der Waals surface area contributed by atoms with E-state index >= 15 is 0 Å². The molecule has 1 aliphatic rings. The molecule has 0 atom stereocenters. The molecule has 0 fully saturated rings. The summed E-state index contributed by atoms with van der Waals surface area (Å²) in [5.41, 5.74) is 0.966. The first-order chi connectivity index (χ1) is 8.69. The monoisotopic (exact) mass is 259 g/mol. The van der Waals surface area contributed by atoms with E-state index in [-0.39, 0.29) is 4.90 Å². The summed E-state index contributed by atoms with van der Waals surface area (Å²) in [6.45, 7) is 0. The van der Waals surface area contributed by atoms with Crippen LogP contribution in [0.3, 0.4) is 0 Å². The summed E-state index contributed by atoms with van der Waals surface area (Å²) in [5.74, 6) is 0. The Balaban J connectivity index is 2.18. The van der Waals surface area contributed by atoms with Crippen molar-refractivity contribution in [2.45, 2.75) is 4.90 Å². The van der Waals surface area contributed by atoms with E-state index in [1.54, 1.807) is 30.3 Å². The molecule has 2 heterocycles. The van der Waals surface area contributed by atoms with Gasteiger partial charge in [-0.1, -0.05) is 18.2 Å². The average Bonchev–Trinajstić information content (AvgIpc) is 2.40. The van der Waals surface area contributed by atoms with Crippen LogP contribution in [-0.4, -0.2) is 19.7 Å². The summed E-state index contributed by atoms with van der Waals surface area (Å²) in [6, 6.07) is 10.4. The minimum atomic E-state index is -3.61. The highest BCUT2D eigenvalue weighted by Crippen LogP contribution is 2.31. The van der Waals surface area contributed by atoms with E-state index < -0.39 is 10.0 Å². The van der Waals surface area contributed by atoms with Gasteiger partial charge in [-0.05, 0) is 18.2 Å².